The number of fused-ring (bicyclic) bond motifs is 1. The van der Waals surface area contributed by atoms with Crippen molar-refractivity contribution in [3.8, 4) is 0 Å². The summed E-state index contributed by atoms with van der Waals surface area (Å²) in [6.07, 6.45) is 0.840. The summed E-state index contributed by atoms with van der Waals surface area (Å²) in [6.45, 7) is 0.671. The van der Waals surface area contributed by atoms with E-state index in [2.05, 4.69) is 18.2 Å². The van der Waals surface area contributed by atoms with Crippen molar-refractivity contribution in [3.63, 3.8) is 0 Å². The summed E-state index contributed by atoms with van der Waals surface area (Å²) in [5.41, 5.74) is 2.22. The molecule has 0 aliphatic carbocycles. The number of hydrogen-bond donors (Lipinski definition) is 0. The van der Waals surface area contributed by atoms with Gasteiger partial charge in [0.05, 0.1) is 15.5 Å². The lowest BCUT2D eigenvalue weighted by atomic mass is 10.1. The molecule has 0 saturated carbocycles. The van der Waals surface area contributed by atoms with E-state index < -0.39 is 0 Å². The van der Waals surface area contributed by atoms with E-state index in [-0.39, 0.29) is 11.2 Å². The van der Waals surface area contributed by atoms with E-state index in [1.54, 1.807) is 23.1 Å². The Kier molecular flexibility index (Phi) is 5.82. The summed E-state index contributed by atoms with van der Waals surface area (Å²) in [6, 6.07) is 18.5. The van der Waals surface area contributed by atoms with E-state index in [1.165, 1.54) is 5.56 Å². The fourth-order valence-electron chi connectivity index (χ4n) is 2.97. The van der Waals surface area contributed by atoms with E-state index in [9.17, 15) is 4.79 Å². The van der Waals surface area contributed by atoms with Crippen molar-refractivity contribution in [2.45, 2.75) is 11.7 Å². The highest BCUT2D eigenvalue weighted by Gasteiger charge is 2.29. The Labute approximate surface area is 166 Å². The molecule has 2 aromatic carbocycles. The van der Waals surface area contributed by atoms with Crippen LogP contribution in [0.15, 0.2) is 54.6 Å². The summed E-state index contributed by atoms with van der Waals surface area (Å²) in [5.74, 6) is 3.29. The predicted octanol–water partition coefficient (Wildman–Crippen LogP) is 4.72. The lowest BCUT2D eigenvalue weighted by molar-refractivity contribution is -0.117. The van der Waals surface area contributed by atoms with Crippen LogP contribution in [0, 0.1) is 0 Å². The summed E-state index contributed by atoms with van der Waals surface area (Å²) >= 11 is 5.28. The topological polar surface area (TPSA) is 33.2 Å². The van der Waals surface area contributed by atoms with Gasteiger partial charge in [0.2, 0.25) is 5.91 Å². The zero-order chi connectivity index (χ0) is 17.8. The maximum absolute atomic E-state index is 13.3. The minimum atomic E-state index is 0.0385. The summed E-state index contributed by atoms with van der Waals surface area (Å²) in [5, 5.41) is 0.861. The number of nitrogens with zero attached hydrogens (tertiary/aromatic N) is 2. The van der Waals surface area contributed by atoms with Gasteiger partial charge in [-0.2, -0.15) is 11.8 Å². The molecule has 0 spiro atoms. The fraction of sp³-hybridized carbons (Fsp3) is 0.300. The van der Waals surface area contributed by atoms with Gasteiger partial charge in [-0.15, -0.1) is 11.8 Å². The maximum atomic E-state index is 13.3. The Morgan fingerprint density at radius 2 is 1.88 bits per heavy atom. The van der Waals surface area contributed by atoms with Crippen LogP contribution in [-0.4, -0.2) is 39.9 Å². The van der Waals surface area contributed by atoms with E-state index in [4.69, 9.17) is 4.98 Å². The molecule has 1 aromatic heterocycles. The van der Waals surface area contributed by atoms with Crippen LogP contribution in [0.2, 0.25) is 0 Å². The molecule has 1 aliphatic rings. The molecule has 1 saturated heterocycles. The smallest absolute Gasteiger partial charge is 0.242 e. The summed E-state index contributed by atoms with van der Waals surface area (Å²) in [7, 11) is 0. The number of aromatic nitrogens is 1. The van der Waals surface area contributed by atoms with Crippen LogP contribution in [0.5, 0.6) is 0 Å². The van der Waals surface area contributed by atoms with Gasteiger partial charge in [-0.05, 0) is 24.1 Å². The molecule has 26 heavy (non-hydrogen) atoms. The van der Waals surface area contributed by atoms with Crippen molar-refractivity contribution in [2.75, 3.05) is 28.7 Å². The molecule has 1 aliphatic heterocycles. The number of para-hydroxylation sites is 1. The van der Waals surface area contributed by atoms with Gasteiger partial charge >= 0.3 is 0 Å². The number of hydrogen-bond acceptors (Lipinski definition) is 5. The molecule has 0 radical (unpaired) electrons. The second kappa shape index (κ2) is 8.46. The van der Waals surface area contributed by atoms with Gasteiger partial charge in [-0.3, -0.25) is 9.69 Å². The van der Waals surface area contributed by atoms with E-state index in [1.807, 2.05) is 53.1 Å². The molecule has 4 rings (SSSR count). The van der Waals surface area contributed by atoms with E-state index in [0.29, 0.717) is 6.54 Å². The number of thioether (sulfide) groups is 2. The van der Waals surface area contributed by atoms with Gasteiger partial charge in [-0.1, -0.05) is 53.8 Å². The first-order valence-corrected chi connectivity index (χ1v) is 11.7. The largest absolute Gasteiger partial charge is 0.287 e. The number of benzene rings is 2. The number of amides is 1. The van der Waals surface area contributed by atoms with E-state index >= 15 is 0 Å². The zero-order valence-corrected chi connectivity index (χ0v) is 16.8. The van der Waals surface area contributed by atoms with Crippen molar-refractivity contribution in [1.29, 1.82) is 0 Å². The Hall–Kier alpha value is -1.50. The molecule has 1 atom stereocenters. The SMILES string of the molecule is O=C(C1CSCCS1)N(CCc1ccccc1)c1nc2ccccc2s1. The molecular weight excluding hydrogens is 380 g/mol. The molecule has 2 heterocycles. The second-order valence-electron chi connectivity index (χ2n) is 6.12. The van der Waals surface area contributed by atoms with Crippen molar-refractivity contribution in [2.24, 2.45) is 0 Å². The van der Waals surface area contributed by atoms with Crippen LogP contribution in [0.3, 0.4) is 0 Å². The average molecular weight is 401 g/mol. The molecule has 1 fully saturated rings. The average Bonchev–Trinajstić information content (AvgIpc) is 3.13. The highest BCUT2D eigenvalue weighted by atomic mass is 32.2. The minimum Gasteiger partial charge on any atom is -0.287 e. The van der Waals surface area contributed by atoms with Crippen LogP contribution in [0.4, 0.5) is 5.13 Å². The highest BCUT2D eigenvalue weighted by molar-refractivity contribution is 8.07. The first kappa shape index (κ1) is 17.9. The minimum absolute atomic E-state index is 0.0385. The van der Waals surface area contributed by atoms with Crippen LogP contribution >= 0.6 is 34.9 Å². The molecule has 3 nitrogen and oxygen atoms in total. The molecule has 1 unspecified atom stereocenters. The van der Waals surface area contributed by atoms with Gasteiger partial charge in [0, 0.05) is 23.8 Å². The number of thiazole rings is 1. The second-order valence-corrected chi connectivity index (χ2v) is 9.59. The van der Waals surface area contributed by atoms with Crippen LogP contribution < -0.4 is 4.90 Å². The lowest BCUT2D eigenvalue weighted by Gasteiger charge is -2.27. The predicted molar refractivity (Wildman–Crippen MR) is 116 cm³/mol. The van der Waals surface area contributed by atoms with Crippen LogP contribution in [-0.2, 0) is 11.2 Å². The molecule has 0 N–H and O–H groups in total. The van der Waals surface area contributed by atoms with Gasteiger partial charge in [0.25, 0.3) is 0 Å². The van der Waals surface area contributed by atoms with Crippen LogP contribution in [0.25, 0.3) is 10.2 Å². The van der Waals surface area contributed by atoms with Gasteiger partial charge < -0.3 is 0 Å². The van der Waals surface area contributed by atoms with Crippen molar-refractivity contribution < 1.29 is 4.79 Å². The number of rotatable bonds is 5. The van der Waals surface area contributed by atoms with Gasteiger partial charge in [-0.25, -0.2) is 4.98 Å². The Morgan fingerprint density at radius 3 is 2.65 bits per heavy atom. The summed E-state index contributed by atoms with van der Waals surface area (Å²) in [4.78, 5) is 19.9. The third-order valence-electron chi connectivity index (χ3n) is 4.34. The van der Waals surface area contributed by atoms with Gasteiger partial charge in [0.15, 0.2) is 5.13 Å². The first-order chi connectivity index (χ1) is 12.8. The standard InChI is InChI=1S/C20H20N2OS3/c23-19(18-14-24-12-13-25-18)22(11-10-15-6-2-1-3-7-15)20-21-16-8-4-5-9-17(16)26-20/h1-9,18H,10-14H2. The Balaban J connectivity index is 1.60. The zero-order valence-electron chi connectivity index (χ0n) is 14.3. The first-order valence-electron chi connectivity index (χ1n) is 8.71. The molecular formula is C20H20N2OS3. The Morgan fingerprint density at radius 1 is 1.08 bits per heavy atom. The highest BCUT2D eigenvalue weighted by Crippen LogP contribution is 2.32. The monoisotopic (exact) mass is 400 g/mol. The van der Waals surface area contributed by atoms with Gasteiger partial charge in [0.1, 0.15) is 0 Å². The number of carbonyl (C=O) groups excluding carboxylic acids is 1. The quantitative estimate of drug-likeness (QED) is 0.620. The normalized spacial score (nSPS) is 17.3. The third kappa shape index (κ3) is 4.08. The summed E-state index contributed by atoms with van der Waals surface area (Å²) < 4.78 is 1.13. The number of carbonyl (C=O) groups is 1. The van der Waals surface area contributed by atoms with Crippen molar-refractivity contribution in [3.05, 3.63) is 60.2 Å². The van der Waals surface area contributed by atoms with Crippen molar-refractivity contribution in [1.82, 2.24) is 4.98 Å². The molecule has 134 valence electrons. The third-order valence-corrected chi connectivity index (χ3v) is 8.14. The Bertz CT molecular complexity index is 842. The van der Waals surface area contributed by atoms with Crippen molar-refractivity contribution >= 4 is 56.1 Å². The number of anilines is 1. The molecule has 0 bridgehead atoms. The maximum Gasteiger partial charge on any atom is 0.242 e. The lowest BCUT2D eigenvalue weighted by Crippen LogP contribution is -2.41. The fourth-order valence-corrected chi connectivity index (χ4v) is 6.57. The molecule has 3 aromatic rings. The van der Waals surface area contributed by atoms with E-state index in [0.717, 1.165) is 39.0 Å². The van der Waals surface area contributed by atoms with Crippen LogP contribution in [0.1, 0.15) is 5.56 Å². The molecule has 6 heteroatoms. The molecule has 1 amide bonds.